The maximum atomic E-state index is 13.3. The van der Waals surface area contributed by atoms with E-state index in [-0.39, 0.29) is 41.6 Å². The van der Waals surface area contributed by atoms with Gasteiger partial charge in [-0.1, -0.05) is 0 Å². The number of aromatic amines is 1. The number of benzene rings is 1. The first-order valence-electron chi connectivity index (χ1n) is 10.5. The number of carbonyl (C=O) groups excluding carboxylic acids is 2. The van der Waals surface area contributed by atoms with Gasteiger partial charge in [-0.2, -0.15) is 18.3 Å². The van der Waals surface area contributed by atoms with Gasteiger partial charge >= 0.3 is 6.18 Å². The van der Waals surface area contributed by atoms with Gasteiger partial charge in [0.25, 0.3) is 5.56 Å². The summed E-state index contributed by atoms with van der Waals surface area (Å²) < 4.78 is 52.8. The van der Waals surface area contributed by atoms with Crippen molar-refractivity contribution in [1.82, 2.24) is 20.5 Å². The molecule has 3 aromatic rings. The summed E-state index contributed by atoms with van der Waals surface area (Å²) in [5.41, 5.74) is -2.01. The summed E-state index contributed by atoms with van der Waals surface area (Å²) in [5.74, 6) is -1.69. The predicted molar refractivity (Wildman–Crippen MR) is 116 cm³/mol. The fraction of sp³-hybridized carbons (Fsp3) is 0.261. The fourth-order valence-corrected chi connectivity index (χ4v) is 3.55. The van der Waals surface area contributed by atoms with Crippen LogP contribution in [0.25, 0.3) is 0 Å². The van der Waals surface area contributed by atoms with Crippen LogP contribution >= 0.6 is 0 Å². The monoisotopic (exact) mass is 489 g/mol. The largest absolute Gasteiger partial charge is 0.418 e. The standard InChI is InChI=1S/C23H19F4N5O3/c24-14-1-4-18(17(8-14)23(25,26)27)31-16-3-2-15(28-12-16)11-29-21(35)22(5-6-22)9-19(33)13-7-20(34)32-30-10-13/h1-4,7-8,10,12,31H,5-6,9,11H2,(H,29,35)(H,32,34). The van der Waals surface area contributed by atoms with Crippen molar-refractivity contribution in [3.8, 4) is 0 Å². The maximum Gasteiger partial charge on any atom is 0.418 e. The molecule has 1 aliphatic rings. The van der Waals surface area contributed by atoms with E-state index in [1.807, 2.05) is 0 Å². The zero-order valence-electron chi connectivity index (χ0n) is 18.1. The Kier molecular flexibility index (Phi) is 6.37. The van der Waals surface area contributed by atoms with Crippen molar-refractivity contribution in [2.75, 3.05) is 5.32 Å². The van der Waals surface area contributed by atoms with Crippen LogP contribution < -0.4 is 16.2 Å². The first kappa shape index (κ1) is 24.0. The van der Waals surface area contributed by atoms with Crippen molar-refractivity contribution in [2.45, 2.75) is 32.0 Å². The summed E-state index contributed by atoms with van der Waals surface area (Å²) in [4.78, 5) is 40.6. The highest BCUT2D eigenvalue weighted by molar-refractivity contribution is 6.00. The van der Waals surface area contributed by atoms with Gasteiger partial charge in [0.1, 0.15) is 5.82 Å². The first-order chi connectivity index (χ1) is 16.6. The van der Waals surface area contributed by atoms with Gasteiger partial charge in [0.05, 0.1) is 47.0 Å². The lowest BCUT2D eigenvalue weighted by molar-refractivity contribution is -0.137. The van der Waals surface area contributed by atoms with Gasteiger partial charge in [0, 0.05) is 18.1 Å². The van der Waals surface area contributed by atoms with E-state index >= 15 is 0 Å². The van der Waals surface area contributed by atoms with Crippen LogP contribution in [-0.4, -0.2) is 26.9 Å². The van der Waals surface area contributed by atoms with Gasteiger partial charge in [-0.15, -0.1) is 0 Å². The van der Waals surface area contributed by atoms with Crippen molar-refractivity contribution < 1.29 is 27.2 Å². The van der Waals surface area contributed by atoms with E-state index in [1.54, 1.807) is 0 Å². The minimum absolute atomic E-state index is 0.0476. The number of nitrogens with zero attached hydrogens (tertiary/aromatic N) is 2. The van der Waals surface area contributed by atoms with Crippen LogP contribution in [0.1, 0.15) is 40.9 Å². The van der Waals surface area contributed by atoms with Gasteiger partial charge in [0.2, 0.25) is 5.91 Å². The summed E-state index contributed by atoms with van der Waals surface area (Å²) in [7, 11) is 0. The molecule has 0 bridgehead atoms. The first-order valence-corrected chi connectivity index (χ1v) is 10.5. The Balaban J connectivity index is 1.35. The third kappa shape index (κ3) is 5.70. The lowest BCUT2D eigenvalue weighted by Crippen LogP contribution is -2.33. The summed E-state index contributed by atoms with van der Waals surface area (Å²) in [6.07, 6.45) is -1.22. The second-order valence-electron chi connectivity index (χ2n) is 8.25. The molecule has 8 nitrogen and oxygen atoms in total. The number of hydrogen-bond acceptors (Lipinski definition) is 6. The Morgan fingerprint density at radius 3 is 2.49 bits per heavy atom. The molecule has 0 spiro atoms. The van der Waals surface area contributed by atoms with Crippen LogP contribution in [0.15, 0.2) is 53.6 Å². The zero-order chi connectivity index (χ0) is 25.2. The Morgan fingerprint density at radius 2 is 1.86 bits per heavy atom. The predicted octanol–water partition coefficient (Wildman–Crippen LogP) is 3.74. The minimum Gasteiger partial charge on any atom is -0.354 e. The Labute approximate surface area is 195 Å². The Bertz CT molecular complexity index is 1320. The minimum atomic E-state index is -4.74. The van der Waals surface area contributed by atoms with Gasteiger partial charge in [-0.3, -0.25) is 19.4 Å². The van der Waals surface area contributed by atoms with Crippen LogP contribution in [0.4, 0.5) is 28.9 Å². The molecule has 4 rings (SSSR count). The van der Waals surface area contributed by atoms with E-state index in [9.17, 15) is 31.9 Å². The van der Waals surface area contributed by atoms with Crippen molar-refractivity contribution in [2.24, 2.45) is 5.41 Å². The number of H-pyrrole nitrogens is 1. The summed E-state index contributed by atoms with van der Waals surface area (Å²) in [6.45, 7) is 0.0476. The molecule has 2 heterocycles. The number of halogens is 4. The molecule has 0 atom stereocenters. The molecule has 35 heavy (non-hydrogen) atoms. The van der Waals surface area contributed by atoms with E-state index in [1.165, 1.54) is 24.5 Å². The number of ketones is 1. The molecule has 1 aromatic carbocycles. The zero-order valence-corrected chi connectivity index (χ0v) is 18.1. The lowest BCUT2D eigenvalue weighted by atomic mass is 9.95. The van der Waals surface area contributed by atoms with Gasteiger partial charge in [-0.05, 0) is 43.2 Å². The molecule has 3 N–H and O–H groups in total. The van der Waals surface area contributed by atoms with Crippen LogP contribution in [0.2, 0.25) is 0 Å². The molecular weight excluding hydrogens is 470 g/mol. The fourth-order valence-electron chi connectivity index (χ4n) is 3.55. The molecule has 2 aromatic heterocycles. The van der Waals surface area contributed by atoms with Crippen molar-refractivity contribution >= 4 is 23.1 Å². The number of hydrogen-bond donors (Lipinski definition) is 3. The molecule has 1 aliphatic carbocycles. The number of alkyl halides is 3. The second-order valence-corrected chi connectivity index (χ2v) is 8.25. The maximum absolute atomic E-state index is 13.3. The number of Topliss-reactive ketones (excluding diaryl/α,β-unsaturated/α-hetero) is 1. The number of nitrogens with one attached hydrogen (secondary N) is 3. The Morgan fingerprint density at radius 1 is 1.09 bits per heavy atom. The van der Waals surface area contributed by atoms with Gasteiger partial charge < -0.3 is 10.6 Å². The molecule has 182 valence electrons. The number of pyridine rings is 1. The van der Waals surface area contributed by atoms with Crippen LogP contribution in [0.5, 0.6) is 0 Å². The summed E-state index contributed by atoms with van der Waals surface area (Å²) in [6, 6.07) is 6.45. The van der Waals surface area contributed by atoms with Crippen LogP contribution in [0, 0.1) is 11.2 Å². The smallest absolute Gasteiger partial charge is 0.354 e. The number of aromatic nitrogens is 3. The molecular formula is C23H19F4N5O3. The molecule has 12 heteroatoms. The summed E-state index contributed by atoms with van der Waals surface area (Å²) in [5, 5.41) is 11.1. The quantitative estimate of drug-likeness (QED) is 0.328. The van der Waals surface area contributed by atoms with Crippen LogP contribution in [0.3, 0.4) is 0 Å². The molecule has 1 saturated carbocycles. The molecule has 1 fully saturated rings. The van der Waals surface area contributed by atoms with Crippen molar-refractivity contribution in [1.29, 1.82) is 0 Å². The lowest BCUT2D eigenvalue weighted by Gasteiger charge is -2.15. The number of carbonyl (C=O) groups is 2. The molecule has 0 saturated heterocycles. The average molecular weight is 489 g/mol. The van der Waals surface area contributed by atoms with Gasteiger partial charge in [-0.25, -0.2) is 9.49 Å². The molecule has 0 aliphatic heterocycles. The van der Waals surface area contributed by atoms with E-state index in [2.05, 4.69) is 25.8 Å². The highest BCUT2D eigenvalue weighted by Gasteiger charge is 2.51. The topological polar surface area (TPSA) is 117 Å². The Hall–Kier alpha value is -4.09. The normalized spacial score (nSPS) is 14.3. The molecule has 1 amide bonds. The SMILES string of the molecule is O=C(CC1(C(=O)NCc2ccc(Nc3ccc(F)cc3C(F)(F)F)cn2)CC1)c1cn[nH]c(=O)c1. The average Bonchev–Trinajstić information content (AvgIpc) is 3.59. The third-order valence-corrected chi connectivity index (χ3v) is 5.64. The highest BCUT2D eigenvalue weighted by atomic mass is 19.4. The van der Waals surface area contributed by atoms with Crippen molar-refractivity contribution in [3.05, 3.63) is 81.8 Å². The third-order valence-electron chi connectivity index (χ3n) is 5.64. The number of rotatable bonds is 8. The van der Waals surface area contributed by atoms with Crippen LogP contribution in [-0.2, 0) is 17.5 Å². The van der Waals surface area contributed by atoms with E-state index in [0.29, 0.717) is 24.6 Å². The summed E-state index contributed by atoms with van der Waals surface area (Å²) >= 11 is 0. The molecule has 0 radical (unpaired) electrons. The second kappa shape index (κ2) is 9.28. The number of anilines is 2. The van der Waals surface area contributed by atoms with E-state index in [0.717, 1.165) is 18.2 Å². The highest BCUT2D eigenvalue weighted by Crippen LogP contribution is 2.49. The van der Waals surface area contributed by atoms with E-state index in [4.69, 9.17) is 0 Å². The van der Waals surface area contributed by atoms with Gasteiger partial charge in [0.15, 0.2) is 5.78 Å². The van der Waals surface area contributed by atoms with Crippen molar-refractivity contribution in [3.63, 3.8) is 0 Å². The number of amides is 1. The van der Waals surface area contributed by atoms with E-state index < -0.39 is 28.5 Å². The molecule has 0 unspecified atom stereocenters.